The average Bonchev–Trinajstić information content (AvgIpc) is 2.76. The minimum absolute atomic E-state index is 0.0664. The van der Waals surface area contributed by atoms with E-state index in [-0.39, 0.29) is 5.78 Å². The fraction of sp³-hybridized carbons (Fsp3) is 0.318. The highest BCUT2D eigenvalue weighted by Gasteiger charge is 2.09. The van der Waals surface area contributed by atoms with Crippen LogP contribution in [-0.2, 0) is 4.74 Å². The fourth-order valence-electron chi connectivity index (χ4n) is 3.01. The molecular formula is C22H25ClN2O3. The van der Waals surface area contributed by atoms with Gasteiger partial charge in [-0.1, -0.05) is 18.2 Å². The molecule has 0 spiro atoms. The van der Waals surface area contributed by atoms with Gasteiger partial charge in [-0.05, 0) is 54.5 Å². The zero-order chi connectivity index (χ0) is 19.6. The minimum Gasteiger partial charge on any atom is -0.494 e. The molecule has 1 N–H and O–H groups in total. The van der Waals surface area contributed by atoms with Gasteiger partial charge in [-0.15, -0.1) is 0 Å². The SMILES string of the molecule is O=C(/C=C/c1ccccc1NCl)c1ccc(OCCCN2CCOCC2)cc1. The normalized spacial score (nSPS) is 14.9. The predicted molar refractivity (Wildman–Crippen MR) is 113 cm³/mol. The number of morpholine rings is 1. The number of carbonyl (C=O) groups excluding carboxylic acids is 1. The molecule has 1 saturated heterocycles. The zero-order valence-electron chi connectivity index (χ0n) is 15.8. The lowest BCUT2D eigenvalue weighted by Crippen LogP contribution is -2.37. The molecule has 0 unspecified atom stereocenters. The first-order chi connectivity index (χ1) is 13.8. The number of ketones is 1. The van der Waals surface area contributed by atoms with E-state index in [0.717, 1.165) is 56.3 Å². The quantitative estimate of drug-likeness (QED) is 0.295. The van der Waals surface area contributed by atoms with Crippen molar-refractivity contribution >= 4 is 29.3 Å². The van der Waals surface area contributed by atoms with Crippen LogP contribution in [0.15, 0.2) is 54.6 Å². The number of hydrogen-bond donors (Lipinski definition) is 1. The average molecular weight is 401 g/mol. The summed E-state index contributed by atoms with van der Waals surface area (Å²) in [5, 5.41) is 0. The first-order valence-corrected chi connectivity index (χ1v) is 9.85. The second-order valence-corrected chi connectivity index (χ2v) is 6.75. The first kappa shape index (κ1) is 20.4. The van der Waals surface area contributed by atoms with Crippen molar-refractivity contribution < 1.29 is 14.3 Å². The molecule has 0 atom stereocenters. The Labute approximate surface area is 171 Å². The molecular weight excluding hydrogens is 376 g/mol. The van der Waals surface area contributed by atoms with Crippen LogP contribution >= 0.6 is 11.8 Å². The number of rotatable bonds is 9. The van der Waals surface area contributed by atoms with E-state index in [4.69, 9.17) is 21.3 Å². The van der Waals surface area contributed by atoms with Gasteiger partial charge in [0.05, 0.1) is 25.5 Å². The molecule has 1 aliphatic heterocycles. The standard InChI is InChI=1S/C22H25ClN2O3/c23-24-21-5-2-1-4-18(21)8-11-22(26)19-6-9-20(10-7-19)28-15-3-12-25-13-16-27-17-14-25/h1-2,4-11,24H,3,12-17H2/b11-8+. The van der Waals surface area contributed by atoms with E-state index >= 15 is 0 Å². The molecule has 28 heavy (non-hydrogen) atoms. The lowest BCUT2D eigenvalue weighted by molar-refractivity contribution is 0.0358. The van der Waals surface area contributed by atoms with Gasteiger partial charge < -0.3 is 9.47 Å². The molecule has 6 heteroatoms. The number of ether oxygens (including phenoxy) is 2. The monoisotopic (exact) mass is 400 g/mol. The van der Waals surface area contributed by atoms with Crippen LogP contribution in [0.1, 0.15) is 22.3 Å². The third-order valence-electron chi connectivity index (χ3n) is 4.61. The number of para-hydroxylation sites is 1. The largest absolute Gasteiger partial charge is 0.494 e. The maximum atomic E-state index is 12.4. The molecule has 1 fully saturated rings. The summed E-state index contributed by atoms with van der Waals surface area (Å²) in [4.78, 5) is 17.4. The molecule has 0 aromatic heterocycles. The van der Waals surface area contributed by atoms with Crippen molar-refractivity contribution in [1.29, 1.82) is 0 Å². The Bertz CT molecular complexity index is 787. The second kappa shape index (κ2) is 10.9. The highest BCUT2D eigenvalue weighted by Crippen LogP contribution is 2.18. The van der Waals surface area contributed by atoms with Crippen LogP contribution < -0.4 is 9.57 Å². The molecule has 0 radical (unpaired) electrons. The smallest absolute Gasteiger partial charge is 0.185 e. The topological polar surface area (TPSA) is 50.8 Å². The Morgan fingerprint density at radius 1 is 1.14 bits per heavy atom. The summed E-state index contributed by atoms with van der Waals surface area (Å²) in [6.07, 6.45) is 4.27. The van der Waals surface area contributed by atoms with E-state index in [1.165, 1.54) is 0 Å². The number of halogens is 1. The van der Waals surface area contributed by atoms with Gasteiger partial charge in [0.25, 0.3) is 0 Å². The Morgan fingerprint density at radius 3 is 2.64 bits per heavy atom. The van der Waals surface area contributed by atoms with E-state index in [9.17, 15) is 4.79 Å². The van der Waals surface area contributed by atoms with Crippen LogP contribution in [0, 0.1) is 0 Å². The van der Waals surface area contributed by atoms with E-state index in [1.54, 1.807) is 24.3 Å². The maximum absolute atomic E-state index is 12.4. The number of carbonyl (C=O) groups is 1. The number of nitrogens with one attached hydrogen (secondary N) is 1. The lowest BCUT2D eigenvalue weighted by atomic mass is 10.1. The molecule has 0 saturated carbocycles. The molecule has 3 rings (SSSR count). The van der Waals surface area contributed by atoms with E-state index < -0.39 is 0 Å². The second-order valence-electron chi connectivity index (χ2n) is 6.56. The van der Waals surface area contributed by atoms with Crippen molar-refractivity contribution in [2.45, 2.75) is 6.42 Å². The number of allylic oxidation sites excluding steroid dienone is 1. The molecule has 5 nitrogen and oxygen atoms in total. The molecule has 0 amide bonds. The summed E-state index contributed by atoms with van der Waals surface area (Å²) in [5.74, 6) is 0.711. The van der Waals surface area contributed by atoms with Crippen molar-refractivity contribution in [3.63, 3.8) is 0 Å². The first-order valence-electron chi connectivity index (χ1n) is 9.47. The number of benzene rings is 2. The maximum Gasteiger partial charge on any atom is 0.185 e. The van der Waals surface area contributed by atoms with Gasteiger partial charge in [-0.25, -0.2) is 0 Å². The van der Waals surface area contributed by atoms with Gasteiger partial charge in [0, 0.05) is 37.0 Å². The molecule has 0 bridgehead atoms. The summed E-state index contributed by atoms with van der Waals surface area (Å²) < 4.78 is 11.1. The number of nitrogens with zero attached hydrogens (tertiary/aromatic N) is 1. The molecule has 2 aromatic rings. The van der Waals surface area contributed by atoms with Crippen LogP contribution in [0.4, 0.5) is 5.69 Å². The van der Waals surface area contributed by atoms with Crippen molar-refractivity contribution in [3.05, 3.63) is 65.7 Å². The van der Waals surface area contributed by atoms with Gasteiger partial charge in [-0.3, -0.25) is 14.5 Å². The summed E-state index contributed by atoms with van der Waals surface area (Å²) in [6, 6.07) is 14.8. The summed E-state index contributed by atoms with van der Waals surface area (Å²) >= 11 is 5.69. The Morgan fingerprint density at radius 2 is 1.89 bits per heavy atom. The van der Waals surface area contributed by atoms with E-state index in [2.05, 4.69) is 9.74 Å². The summed E-state index contributed by atoms with van der Waals surface area (Å²) in [7, 11) is 0. The van der Waals surface area contributed by atoms with Crippen LogP contribution in [0.3, 0.4) is 0 Å². The van der Waals surface area contributed by atoms with Crippen LogP contribution in [0.5, 0.6) is 5.75 Å². The molecule has 2 aromatic carbocycles. The lowest BCUT2D eigenvalue weighted by Gasteiger charge is -2.26. The van der Waals surface area contributed by atoms with E-state index in [0.29, 0.717) is 12.2 Å². The van der Waals surface area contributed by atoms with Gasteiger partial charge in [0.1, 0.15) is 5.75 Å². The summed E-state index contributed by atoms with van der Waals surface area (Å²) in [5.41, 5.74) is 2.23. The van der Waals surface area contributed by atoms with Crippen LogP contribution in [-0.4, -0.2) is 50.1 Å². The van der Waals surface area contributed by atoms with Crippen molar-refractivity contribution in [3.8, 4) is 5.75 Å². The van der Waals surface area contributed by atoms with Crippen LogP contribution in [0.2, 0.25) is 0 Å². The Hall–Kier alpha value is -2.34. The van der Waals surface area contributed by atoms with Gasteiger partial charge in [0.15, 0.2) is 5.78 Å². The highest BCUT2D eigenvalue weighted by atomic mass is 35.5. The Kier molecular flexibility index (Phi) is 7.91. The van der Waals surface area contributed by atoms with Gasteiger partial charge >= 0.3 is 0 Å². The van der Waals surface area contributed by atoms with Crippen molar-refractivity contribution in [2.75, 3.05) is 44.3 Å². The number of anilines is 1. The predicted octanol–water partition coefficient (Wildman–Crippen LogP) is 4.25. The van der Waals surface area contributed by atoms with E-state index in [1.807, 2.05) is 36.4 Å². The molecule has 0 aliphatic carbocycles. The molecule has 1 heterocycles. The van der Waals surface area contributed by atoms with Gasteiger partial charge in [-0.2, -0.15) is 0 Å². The highest BCUT2D eigenvalue weighted by molar-refractivity contribution is 6.24. The summed E-state index contributed by atoms with van der Waals surface area (Å²) in [6.45, 7) is 5.30. The van der Waals surface area contributed by atoms with Crippen LogP contribution in [0.25, 0.3) is 6.08 Å². The van der Waals surface area contributed by atoms with Gasteiger partial charge in [0.2, 0.25) is 0 Å². The van der Waals surface area contributed by atoms with Crippen molar-refractivity contribution in [2.24, 2.45) is 0 Å². The molecule has 148 valence electrons. The minimum atomic E-state index is -0.0664. The fourth-order valence-corrected chi connectivity index (χ4v) is 3.18. The van der Waals surface area contributed by atoms with Crippen molar-refractivity contribution in [1.82, 2.24) is 4.90 Å². The number of hydrogen-bond acceptors (Lipinski definition) is 5. The third kappa shape index (κ3) is 6.09. The Balaban J connectivity index is 1.46. The zero-order valence-corrected chi connectivity index (χ0v) is 16.5. The third-order valence-corrected chi connectivity index (χ3v) is 4.81. The molecule has 1 aliphatic rings.